The molecule has 0 amide bonds. The Bertz CT molecular complexity index is 1250. The topological polar surface area (TPSA) is 80.5 Å². The van der Waals surface area contributed by atoms with Crippen LogP contribution in [0.1, 0.15) is 17.0 Å². The molecular formula is C23H23F2N7O. The Kier molecular flexibility index (Phi) is 5.82. The largest absolute Gasteiger partial charge is 0.435 e. The fourth-order valence-electron chi connectivity index (χ4n) is 3.97. The molecule has 1 aliphatic heterocycles. The molecule has 4 heterocycles. The second-order valence-corrected chi connectivity index (χ2v) is 7.80. The Labute approximate surface area is 189 Å². The van der Waals surface area contributed by atoms with Crippen molar-refractivity contribution in [2.24, 2.45) is 0 Å². The van der Waals surface area contributed by atoms with Gasteiger partial charge in [-0.1, -0.05) is 18.2 Å². The molecule has 1 saturated heterocycles. The molecule has 1 N–H and O–H groups in total. The van der Waals surface area contributed by atoms with E-state index in [0.29, 0.717) is 29.3 Å². The third-order valence-electron chi connectivity index (χ3n) is 5.65. The van der Waals surface area contributed by atoms with Crippen molar-refractivity contribution in [1.82, 2.24) is 29.9 Å². The summed E-state index contributed by atoms with van der Waals surface area (Å²) >= 11 is 0. The summed E-state index contributed by atoms with van der Waals surface area (Å²) in [5, 5.41) is 8.07. The maximum atomic E-state index is 12.8. The van der Waals surface area contributed by atoms with Crippen LogP contribution in [0.25, 0.3) is 16.9 Å². The van der Waals surface area contributed by atoms with Gasteiger partial charge in [0, 0.05) is 56.1 Å². The number of aromatic nitrogens is 5. The maximum Gasteiger partial charge on any atom is 0.387 e. The number of fused-ring (bicyclic) bond motifs is 1. The Balaban J connectivity index is 1.46. The van der Waals surface area contributed by atoms with Crippen LogP contribution in [0.2, 0.25) is 0 Å². The van der Waals surface area contributed by atoms with Crippen LogP contribution in [-0.2, 0) is 6.42 Å². The first kappa shape index (κ1) is 21.2. The second kappa shape index (κ2) is 9.07. The summed E-state index contributed by atoms with van der Waals surface area (Å²) in [6.07, 6.45) is 3.90. The Morgan fingerprint density at radius 2 is 1.82 bits per heavy atom. The number of imidazole rings is 1. The summed E-state index contributed by atoms with van der Waals surface area (Å²) in [6, 6.07) is 10.5. The number of hydrogen-bond donors (Lipinski definition) is 1. The van der Waals surface area contributed by atoms with Crippen LogP contribution >= 0.6 is 0 Å². The highest BCUT2D eigenvalue weighted by atomic mass is 19.3. The summed E-state index contributed by atoms with van der Waals surface area (Å²) < 4.78 is 32.1. The van der Waals surface area contributed by atoms with Crippen LogP contribution in [0.4, 0.5) is 14.7 Å². The molecule has 0 atom stereocenters. The Morgan fingerprint density at radius 1 is 1.06 bits per heavy atom. The lowest BCUT2D eigenvalue weighted by Crippen LogP contribution is -2.44. The van der Waals surface area contributed by atoms with Gasteiger partial charge in [-0.3, -0.25) is 0 Å². The number of nitrogens with one attached hydrogen (secondary N) is 1. The van der Waals surface area contributed by atoms with Crippen LogP contribution < -0.4 is 15.0 Å². The number of ether oxygens (including phenoxy) is 1. The van der Waals surface area contributed by atoms with Crippen molar-refractivity contribution in [3.8, 4) is 17.0 Å². The van der Waals surface area contributed by atoms with E-state index in [2.05, 4.69) is 25.2 Å². The third kappa shape index (κ3) is 4.47. The number of rotatable bonds is 6. The fourth-order valence-corrected chi connectivity index (χ4v) is 3.97. The number of anilines is 1. The number of hydrogen-bond acceptors (Lipinski definition) is 7. The van der Waals surface area contributed by atoms with Gasteiger partial charge in [-0.25, -0.2) is 19.5 Å². The van der Waals surface area contributed by atoms with Gasteiger partial charge in [-0.2, -0.15) is 13.9 Å². The molecule has 0 aliphatic carbocycles. The molecule has 0 bridgehead atoms. The fraction of sp³-hybridized carbons (Fsp3) is 0.304. The SMILES string of the molecule is Cc1nc2ccc(-c3cnc(N4CCNCC4)nc3)nn2c1Cc1ccccc1OC(F)F. The van der Waals surface area contributed by atoms with Crippen molar-refractivity contribution >= 4 is 11.6 Å². The highest BCUT2D eigenvalue weighted by Gasteiger charge is 2.17. The first-order valence-electron chi connectivity index (χ1n) is 10.7. The van der Waals surface area contributed by atoms with E-state index in [1.807, 2.05) is 19.1 Å². The van der Waals surface area contributed by atoms with Gasteiger partial charge in [0.25, 0.3) is 0 Å². The first-order chi connectivity index (χ1) is 16.1. The molecule has 0 spiro atoms. The number of alkyl halides is 2. The average Bonchev–Trinajstić information content (AvgIpc) is 3.15. The van der Waals surface area contributed by atoms with Gasteiger partial charge in [0.2, 0.25) is 5.95 Å². The predicted octanol–water partition coefficient (Wildman–Crippen LogP) is 3.10. The smallest absolute Gasteiger partial charge is 0.387 e. The number of para-hydroxylation sites is 1. The molecule has 4 aromatic rings. The molecular weight excluding hydrogens is 428 g/mol. The lowest BCUT2D eigenvalue weighted by molar-refractivity contribution is -0.0503. The summed E-state index contributed by atoms with van der Waals surface area (Å²) in [5.74, 6) is 0.853. The standard InChI is InChI=1S/C23H23F2N7O/c1-15-19(12-16-4-2-3-5-20(16)33-22(24)25)32-21(29-15)7-6-18(30-32)17-13-27-23(28-14-17)31-10-8-26-9-11-31/h2-7,13-14,22,26H,8-12H2,1H3. The van der Waals surface area contributed by atoms with E-state index in [1.165, 1.54) is 6.07 Å². The highest BCUT2D eigenvalue weighted by molar-refractivity contribution is 5.59. The monoisotopic (exact) mass is 451 g/mol. The molecule has 1 aromatic carbocycles. The summed E-state index contributed by atoms with van der Waals surface area (Å²) in [7, 11) is 0. The predicted molar refractivity (Wildman–Crippen MR) is 120 cm³/mol. The van der Waals surface area contributed by atoms with Gasteiger partial charge in [0.1, 0.15) is 5.75 Å². The second-order valence-electron chi connectivity index (χ2n) is 7.80. The van der Waals surface area contributed by atoms with Crippen LogP contribution in [-0.4, -0.2) is 57.4 Å². The Hall–Kier alpha value is -3.66. The average molecular weight is 451 g/mol. The normalized spacial score (nSPS) is 14.2. The van der Waals surface area contributed by atoms with E-state index < -0.39 is 6.61 Å². The summed E-state index contributed by atoms with van der Waals surface area (Å²) in [4.78, 5) is 15.8. The van der Waals surface area contributed by atoms with Crippen molar-refractivity contribution in [1.29, 1.82) is 0 Å². The van der Waals surface area contributed by atoms with Crippen molar-refractivity contribution < 1.29 is 13.5 Å². The van der Waals surface area contributed by atoms with Crippen molar-refractivity contribution in [2.75, 3.05) is 31.1 Å². The molecule has 5 rings (SSSR count). The van der Waals surface area contributed by atoms with Gasteiger partial charge in [-0.05, 0) is 25.1 Å². The summed E-state index contributed by atoms with van der Waals surface area (Å²) in [6.45, 7) is 2.57. The molecule has 3 aromatic heterocycles. The van der Waals surface area contributed by atoms with Crippen LogP contribution in [0.5, 0.6) is 5.75 Å². The molecule has 0 saturated carbocycles. The number of piperazine rings is 1. The molecule has 33 heavy (non-hydrogen) atoms. The number of halogens is 2. The summed E-state index contributed by atoms with van der Waals surface area (Å²) in [5.41, 5.74) is 4.38. The van der Waals surface area contributed by atoms with E-state index in [9.17, 15) is 8.78 Å². The van der Waals surface area contributed by atoms with E-state index in [0.717, 1.165) is 43.1 Å². The number of benzene rings is 1. The highest BCUT2D eigenvalue weighted by Crippen LogP contribution is 2.26. The lowest BCUT2D eigenvalue weighted by Gasteiger charge is -2.27. The van der Waals surface area contributed by atoms with Gasteiger partial charge >= 0.3 is 6.61 Å². The van der Waals surface area contributed by atoms with Crippen molar-refractivity contribution in [3.05, 3.63) is 65.7 Å². The van der Waals surface area contributed by atoms with E-state index >= 15 is 0 Å². The zero-order valence-corrected chi connectivity index (χ0v) is 18.1. The van der Waals surface area contributed by atoms with E-state index in [4.69, 9.17) is 9.84 Å². The van der Waals surface area contributed by atoms with Crippen LogP contribution in [0, 0.1) is 6.92 Å². The molecule has 1 fully saturated rings. The van der Waals surface area contributed by atoms with Gasteiger partial charge in [-0.15, -0.1) is 0 Å². The molecule has 8 nitrogen and oxygen atoms in total. The number of aryl methyl sites for hydroxylation is 1. The van der Waals surface area contributed by atoms with Crippen LogP contribution in [0.15, 0.2) is 48.8 Å². The van der Waals surface area contributed by atoms with E-state index in [-0.39, 0.29) is 5.75 Å². The molecule has 0 radical (unpaired) electrons. The van der Waals surface area contributed by atoms with Gasteiger partial charge < -0.3 is 15.0 Å². The zero-order chi connectivity index (χ0) is 22.8. The minimum Gasteiger partial charge on any atom is -0.435 e. The van der Waals surface area contributed by atoms with Crippen molar-refractivity contribution in [3.63, 3.8) is 0 Å². The van der Waals surface area contributed by atoms with Crippen LogP contribution in [0.3, 0.4) is 0 Å². The van der Waals surface area contributed by atoms with Gasteiger partial charge in [0.15, 0.2) is 5.65 Å². The van der Waals surface area contributed by atoms with Crippen molar-refractivity contribution in [2.45, 2.75) is 20.0 Å². The third-order valence-corrected chi connectivity index (χ3v) is 5.65. The molecule has 1 aliphatic rings. The minimum absolute atomic E-state index is 0.148. The zero-order valence-electron chi connectivity index (χ0n) is 18.1. The lowest BCUT2D eigenvalue weighted by atomic mass is 10.1. The quantitative estimate of drug-likeness (QED) is 0.483. The van der Waals surface area contributed by atoms with Gasteiger partial charge in [0.05, 0.1) is 17.1 Å². The maximum absolute atomic E-state index is 12.8. The molecule has 10 heteroatoms. The Morgan fingerprint density at radius 3 is 2.58 bits per heavy atom. The first-order valence-corrected chi connectivity index (χ1v) is 10.7. The molecule has 170 valence electrons. The molecule has 0 unspecified atom stereocenters. The minimum atomic E-state index is -2.89. The van der Waals surface area contributed by atoms with E-state index in [1.54, 1.807) is 35.1 Å². The number of nitrogens with zero attached hydrogens (tertiary/aromatic N) is 6.